The molecular formula is C17H23N3O2. The van der Waals surface area contributed by atoms with E-state index in [9.17, 15) is 0 Å². The molecule has 1 aliphatic rings. The van der Waals surface area contributed by atoms with Gasteiger partial charge in [-0.3, -0.25) is 4.68 Å². The van der Waals surface area contributed by atoms with E-state index in [2.05, 4.69) is 23.4 Å². The van der Waals surface area contributed by atoms with Gasteiger partial charge in [0.05, 0.1) is 7.11 Å². The zero-order valence-electron chi connectivity index (χ0n) is 13.2. The Hall–Kier alpha value is -2.01. The highest BCUT2D eigenvalue weighted by Crippen LogP contribution is 2.29. The minimum Gasteiger partial charge on any atom is -0.497 e. The van der Waals surface area contributed by atoms with Gasteiger partial charge in [-0.25, -0.2) is 0 Å². The SMILES string of the molecule is COc1ccc2c(c1)OC[C@@H](N[C@@H](C)CCn1cccn1)C2. The van der Waals surface area contributed by atoms with Gasteiger partial charge in [-0.2, -0.15) is 5.10 Å². The van der Waals surface area contributed by atoms with Gasteiger partial charge >= 0.3 is 0 Å². The highest BCUT2D eigenvalue weighted by molar-refractivity contribution is 5.42. The normalized spacial score (nSPS) is 18.4. The van der Waals surface area contributed by atoms with Crippen LogP contribution in [-0.4, -0.2) is 35.6 Å². The predicted octanol–water partition coefficient (Wildman–Crippen LogP) is 2.26. The lowest BCUT2D eigenvalue weighted by Gasteiger charge is -2.29. The fourth-order valence-corrected chi connectivity index (χ4v) is 2.83. The average molecular weight is 301 g/mol. The van der Waals surface area contributed by atoms with Crippen LogP contribution in [0.3, 0.4) is 0 Å². The summed E-state index contributed by atoms with van der Waals surface area (Å²) in [5.41, 5.74) is 1.24. The van der Waals surface area contributed by atoms with Gasteiger partial charge < -0.3 is 14.8 Å². The number of nitrogens with zero attached hydrogens (tertiary/aromatic N) is 2. The van der Waals surface area contributed by atoms with Gasteiger partial charge in [-0.15, -0.1) is 0 Å². The third kappa shape index (κ3) is 3.60. The zero-order chi connectivity index (χ0) is 15.4. The summed E-state index contributed by atoms with van der Waals surface area (Å²) in [6.45, 7) is 3.85. The Morgan fingerprint density at radius 2 is 2.41 bits per heavy atom. The summed E-state index contributed by atoms with van der Waals surface area (Å²) in [7, 11) is 1.68. The topological polar surface area (TPSA) is 48.3 Å². The number of fused-ring (bicyclic) bond motifs is 1. The molecule has 1 aliphatic heterocycles. The second kappa shape index (κ2) is 6.83. The molecule has 2 heterocycles. The Morgan fingerprint density at radius 1 is 1.50 bits per heavy atom. The molecule has 0 amide bonds. The number of rotatable bonds is 6. The summed E-state index contributed by atoms with van der Waals surface area (Å²) in [4.78, 5) is 0. The first-order chi connectivity index (χ1) is 10.7. The molecule has 1 aromatic carbocycles. The van der Waals surface area contributed by atoms with Crippen molar-refractivity contribution in [3.63, 3.8) is 0 Å². The van der Waals surface area contributed by atoms with Crippen LogP contribution in [0.1, 0.15) is 18.9 Å². The Balaban J connectivity index is 1.51. The highest BCUT2D eigenvalue weighted by Gasteiger charge is 2.21. The van der Waals surface area contributed by atoms with E-state index in [1.54, 1.807) is 7.11 Å². The number of benzene rings is 1. The van der Waals surface area contributed by atoms with E-state index in [1.165, 1.54) is 5.56 Å². The number of aromatic nitrogens is 2. The van der Waals surface area contributed by atoms with Gasteiger partial charge in [0, 0.05) is 37.1 Å². The molecule has 22 heavy (non-hydrogen) atoms. The first-order valence-electron chi connectivity index (χ1n) is 7.78. The van der Waals surface area contributed by atoms with Gasteiger partial charge in [-0.05, 0) is 37.5 Å². The van der Waals surface area contributed by atoms with Crippen LogP contribution < -0.4 is 14.8 Å². The molecular weight excluding hydrogens is 278 g/mol. The van der Waals surface area contributed by atoms with Gasteiger partial charge in [0.2, 0.25) is 0 Å². The van der Waals surface area contributed by atoms with Crippen LogP contribution in [0.25, 0.3) is 0 Å². The molecule has 0 aliphatic carbocycles. The van der Waals surface area contributed by atoms with Crippen LogP contribution in [0.5, 0.6) is 11.5 Å². The largest absolute Gasteiger partial charge is 0.497 e. The van der Waals surface area contributed by atoms with Crippen molar-refractivity contribution < 1.29 is 9.47 Å². The third-order valence-corrected chi connectivity index (χ3v) is 4.05. The number of nitrogens with one attached hydrogen (secondary N) is 1. The van der Waals surface area contributed by atoms with Crippen molar-refractivity contribution >= 4 is 0 Å². The lowest BCUT2D eigenvalue weighted by atomic mass is 10.0. The standard InChI is InChI=1S/C17H23N3O2/c1-13(6-9-20-8-3-7-18-20)19-15-10-14-4-5-16(21-2)11-17(14)22-12-15/h3-5,7-8,11,13,15,19H,6,9-10,12H2,1-2H3/t13-,15-/m0/s1. The van der Waals surface area contributed by atoms with Crippen LogP contribution in [0, 0.1) is 0 Å². The molecule has 2 atom stereocenters. The van der Waals surface area contributed by atoms with E-state index in [-0.39, 0.29) is 0 Å². The Bertz CT molecular complexity index is 598. The zero-order valence-corrected chi connectivity index (χ0v) is 13.2. The van der Waals surface area contributed by atoms with Crippen LogP contribution in [0.15, 0.2) is 36.7 Å². The summed E-state index contributed by atoms with van der Waals surface area (Å²) < 4.78 is 13.1. The number of methoxy groups -OCH3 is 1. The van der Waals surface area contributed by atoms with Crippen molar-refractivity contribution in [3.05, 3.63) is 42.2 Å². The number of aryl methyl sites for hydroxylation is 1. The van der Waals surface area contributed by atoms with Crippen molar-refractivity contribution in [2.45, 2.75) is 38.4 Å². The minimum absolute atomic E-state index is 0.355. The third-order valence-electron chi connectivity index (χ3n) is 4.05. The van der Waals surface area contributed by atoms with Gasteiger partial charge in [0.15, 0.2) is 0 Å². The molecule has 5 nitrogen and oxygen atoms in total. The first-order valence-corrected chi connectivity index (χ1v) is 7.78. The molecule has 0 unspecified atom stereocenters. The lowest BCUT2D eigenvalue weighted by Crippen LogP contribution is -2.44. The van der Waals surface area contributed by atoms with Crippen molar-refractivity contribution in [1.82, 2.24) is 15.1 Å². The van der Waals surface area contributed by atoms with Gasteiger partial charge in [0.25, 0.3) is 0 Å². The molecule has 5 heteroatoms. The quantitative estimate of drug-likeness (QED) is 0.889. The molecule has 0 bridgehead atoms. The molecule has 2 aromatic rings. The molecule has 0 spiro atoms. The molecule has 1 N–H and O–H groups in total. The summed E-state index contributed by atoms with van der Waals surface area (Å²) >= 11 is 0. The van der Waals surface area contributed by atoms with Crippen LogP contribution >= 0.6 is 0 Å². The fourth-order valence-electron chi connectivity index (χ4n) is 2.83. The van der Waals surface area contributed by atoms with Crippen LogP contribution in [-0.2, 0) is 13.0 Å². The maximum atomic E-state index is 5.87. The molecule has 0 saturated heterocycles. The van der Waals surface area contributed by atoms with Crippen molar-refractivity contribution in [2.24, 2.45) is 0 Å². The maximum absolute atomic E-state index is 5.87. The summed E-state index contributed by atoms with van der Waals surface area (Å²) in [5.74, 6) is 1.79. The summed E-state index contributed by atoms with van der Waals surface area (Å²) in [6.07, 6.45) is 5.86. The predicted molar refractivity (Wildman–Crippen MR) is 85.4 cm³/mol. The van der Waals surface area contributed by atoms with Gasteiger partial charge in [0.1, 0.15) is 18.1 Å². The molecule has 118 valence electrons. The number of hydrogen-bond acceptors (Lipinski definition) is 4. The molecule has 1 aromatic heterocycles. The number of ether oxygens (including phenoxy) is 2. The van der Waals surface area contributed by atoms with Crippen molar-refractivity contribution in [1.29, 1.82) is 0 Å². The number of hydrogen-bond donors (Lipinski definition) is 1. The Morgan fingerprint density at radius 3 is 3.18 bits per heavy atom. The summed E-state index contributed by atoms with van der Waals surface area (Å²) in [6, 6.07) is 8.79. The maximum Gasteiger partial charge on any atom is 0.126 e. The van der Waals surface area contributed by atoms with E-state index in [0.29, 0.717) is 18.7 Å². The minimum atomic E-state index is 0.355. The Kier molecular flexibility index (Phi) is 4.63. The van der Waals surface area contributed by atoms with Crippen molar-refractivity contribution in [2.75, 3.05) is 13.7 Å². The molecule has 0 saturated carbocycles. The van der Waals surface area contributed by atoms with Crippen molar-refractivity contribution in [3.8, 4) is 11.5 Å². The average Bonchev–Trinajstić information content (AvgIpc) is 3.06. The molecule has 3 rings (SSSR count). The molecule has 0 radical (unpaired) electrons. The second-order valence-electron chi connectivity index (χ2n) is 5.81. The lowest BCUT2D eigenvalue weighted by molar-refractivity contribution is 0.224. The van der Waals surface area contributed by atoms with Gasteiger partial charge in [-0.1, -0.05) is 6.07 Å². The van der Waals surface area contributed by atoms with E-state index in [0.717, 1.165) is 30.9 Å². The highest BCUT2D eigenvalue weighted by atomic mass is 16.5. The van der Waals surface area contributed by atoms with E-state index >= 15 is 0 Å². The first kappa shape index (κ1) is 14.9. The fraction of sp³-hybridized carbons (Fsp3) is 0.471. The summed E-state index contributed by atoms with van der Waals surface area (Å²) in [5, 5.41) is 7.89. The van der Waals surface area contributed by atoms with E-state index < -0.39 is 0 Å². The van der Waals surface area contributed by atoms with E-state index in [4.69, 9.17) is 9.47 Å². The van der Waals surface area contributed by atoms with Crippen LogP contribution in [0.2, 0.25) is 0 Å². The smallest absolute Gasteiger partial charge is 0.126 e. The molecule has 0 fully saturated rings. The second-order valence-corrected chi connectivity index (χ2v) is 5.81. The van der Waals surface area contributed by atoms with Crippen LogP contribution in [0.4, 0.5) is 0 Å². The van der Waals surface area contributed by atoms with E-state index in [1.807, 2.05) is 35.3 Å². The monoisotopic (exact) mass is 301 g/mol. The Labute approximate surface area is 131 Å².